The molecule has 0 aromatic rings. The maximum atomic E-state index is 12.6. The number of ether oxygens (including phenoxy) is 1. The number of piperidine rings is 1. The molecule has 7 nitrogen and oxygen atoms in total. The van der Waals surface area contributed by atoms with E-state index >= 15 is 0 Å². The van der Waals surface area contributed by atoms with Crippen molar-refractivity contribution in [1.82, 2.24) is 15.5 Å². The van der Waals surface area contributed by atoms with Gasteiger partial charge in [-0.05, 0) is 38.8 Å². The van der Waals surface area contributed by atoms with Crippen LogP contribution < -0.4 is 10.6 Å². The minimum absolute atomic E-state index is 0.0100. The van der Waals surface area contributed by atoms with Crippen LogP contribution in [0.2, 0.25) is 0 Å². The third-order valence-electron chi connectivity index (χ3n) is 4.80. The number of hydrogen-bond donors (Lipinski definition) is 2. The second kappa shape index (κ2) is 11.1. The first-order chi connectivity index (χ1) is 11.9. The van der Waals surface area contributed by atoms with E-state index in [1.807, 2.05) is 32.7 Å². The van der Waals surface area contributed by atoms with Gasteiger partial charge in [0.2, 0.25) is 11.8 Å². The summed E-state index contributed by atoms with van der Waals surface area (Å²) in [6.45, 7) is 6.52. The van der Waals surface area contributed by atoms with Crippen molar-refractivity contribution in [2.75, 3.05) is 20.3 Å². The Morgan fingerprint density at radius 1 is 1.24 bits per heavy atom. The highest BCUT2D eigenvalue weighted by molar-refractivity contribution is 5.90. The van der Waals surface area contributed by atoms with E-state index in [2.05, 4.69) is 10.6 Å². The molecule has 25 heavy (non-hydrogen) atoms. The van der Waals surface area contributed by atoms with Crippen LogP contribution in [0, 0.1) is 5.92 Å². The molecular formula is C18H33N3O4. The highest BCUT2D eigenvalue weighted by Gasteiger charge is 2.31. The molecule has 1 heterocycles. The summed E-state index contributed by atoms with van der Waals surface area (Å²) in [6, 6.07) is -0.812. The van der Waals surface area contributed by atoms with E-state index in [4.69, 9.17) is 4.74 Å². The number of amides is 2. The van der Waals surface area contributed by atoms with Crippen LogP contribution in [0.3, 0.4) is 0 Å². The maximum Gasteiger partial charge on any atom is 0.307 e. The van der Waals surface area contributed by atoms with E-state index in [1.165, 1.54) is 0 Å². The normalized spacial score (nSPS) is 20.4. The average molecular weight is 355 g/mol. The molecule has 3 unspecified atom stereocenters. The van der Waals surface area contributed by atoms with Gasteiger partial charge < -0.3 is 15.4 Å². The lowest BCUT2D eigenvalue weighted by atomic mass is 9.96. The van der Waals surface area contributed by atoms with Crippen LogP contribution >= 0.6 is 0 Å². The number of rotatable bonds is 9. The van der Waals surface area contributed by atoms with Gasteiger partial charge in [0.1, 0.15) is 6.04 Å². The van der Waals surface area contributed by atoms with Crippen molar-refractivity contribution in [1.29, 1.82) is 0 Å². The highest BCUT2D eigenvalue weighted by Crippen LogP contribution is 2.16. The van der Waals surface area contributed by atoms with Crippen LogP contribution in [0.1, 0.15) is 59.3 Å². The van der Waals surface area contributed by atoms with E-state index in [0.29, 0.717) is 12.8 Å². The molecule has 144 valence electrons. The van der Waals surface area contributed by atoms with Gasteiger partial charge in [-0.15, -0.1) is 0 Å². The summed E-state index contributed by atoms with van der Waals surface area (Å²) in [6.07, 6.45) is 4.72. The Bertz CT molecular complexity index is 456. The summed E-state index contributed by atoms with van der Waals surface area (Å²) < 4.78 is 4.96. The summed E-state index contributed by atoms with van der Waals surface area (Å²) in [7, 11) is 1.94. The summed E-state index contributed by atoms with van der Waals surface area (Å²) in [5.74, 6) is -0.768. The van der Waals surface area contributed by atoms with Gasteiger partial charge in [-0.25, -0.2) is 0 Å². The van der Waals surface area contributed by atoms with Gasteiger partial charge in [0.15, 0.2) is 6.73 Å². The summed E-state index contributed by atoms with van der Waals surface area (Å²) in [5, 5.41) is 5.49. The van der Waals surface area contributed by atoms with E-state index in [9.17, 15) is 14.4 Å². The van der Waals surface area contributed by atoms with Crippen LogP contribution in [0.15, 0.2) is 0 Å². The number of likely N-dealkylation sites (tertiary alicyclic amines) is 1. The second-order valence-electron chi connectivity index (χ2n) is 6.82. The molecule has 0 saturated carbocycles. The molecule has 0 radical (unpaired) electrons. The number of carbonyl (C=O) groups excluding carboxylic acids is 3. The predicted molar refractivity (Wildman–Crippen MR) is 95.7 cm³/mol. The molecule has 2 amide bonds. The van der Waals surface area contributed by atoms with Crippen molar-refractivity contribution >= 4 is 17.8 Å². The molecule has 1 rings (SSSR count). The third kappa shape index (κ3) is 7.02. The van der Waals surface area contributed by atoms with Crippen molar-refractivity contribution < 1.29 is 19.1 Å². The van der Waals surface area contributed by atoms with Crippen LogP contribution in [0.5, 0.6) is 0 Å². The largest absolute Gasteiger partial charge is 0.444 e. The first-order valence-corrected chi connectivity index (χ1v) is 9.34. The van der Waals surface area contributed by atoms with Crippen molar-refractivity contribution in [2.24, 2.45) is 5.92 Å². The number of nitrogens with one attached hydrogen (secondary N) is 2. The van der Waals surface area contributed by atoms with E-state index in [-0.39, 0.29) is 36.5 Å². The molecule has 1 aliphatic heterocycles. The molecule has 7 heteroatoms. The van der Waals surface area contributed by atoms with Gasteiger partial charge in [0.25, 0.3) is 0 Å². The van der Waals surface area contributed by atoms with Gasteiger partial charge in [-0.2, -0.15) is 0 Å². The van der Waals surface area contributed by atoms with Gasteiger partial charge >= 0.3 is 5.97 Å². The molecule has 0 aliphatic carbocycles. The number of likely N-dealkylation sites (N-methyl/N-ethyl adjacent to an activating group) is 1. The minimum atomic E-state index is -0.627. The molecule has 0 aromatic heterocycles. The van der Waals surface area contributed by atoms with Crippen molar-refractivity contribution in [2.45, 2.75) is 71.4 Å². The third-order valence-corrected chi connectivity index (χ3v) is 4.80. The lowest BCUT2D eigenvalue weighted by Crippen LogP contribution is -2.56. The SMILES string of the molecule is CCCC(=O)OCNC(=O)C(NC(=O)C1CCCCN1C)C(C)CC. The van der Waals surface area contributed by atoms with Gasteiger partial charge in [0, 0.05) is 6.42 Å². The molecule has 0 spiro atoms. The summed E-state index contributed by atoms with van der Waals surface area (Å²) in [5.41, 5.74) is 0. The standard InChI is InChI=1S/C18H33N3O4/c1-5-9-15(22)25-12-19-18(24)16(13(3)6-2)20-17(23)14-10-7-8-11-21(14)4/h13-14,16H,5-12H2,1-4H3,(H,19,24)(H,20,23). The smallest absolute Gasteiger partial charge is 0.307 e. The molecule has 1 saturated heterocycles. The monoisotopic (exact) mass is 355 g/mol. The maximum absolute atomic E-state index is 12.6. The Hall–Kier alpha value is -1.63. The van der Waals surface area contributed by atoms with Crippen LogP contribution in [0.25, 0.3) is 0 Å². The van der Waals surface area contributed by atoms with Crippen molar-refractivity contribution in [3.63, 3.8) is 0 Å². The van der Waals surface area contributed by atoms with E-state index in [0.717, 1.165) is 32.2 Å². The fourth-order valence-electron chi connectivity index (χ4n) is 2.93. The van der Waals surface area contributed by atoms with Gasteiger partial charge in [-0.1, -0.05) is 33.6 Å². The van der Waals surface area contributed by atoms with Gasteiger partial charge in [0.05, 0.1) is 6.04 Å². The molecule has 0 aromatic carbocycles. The predicted octanol–water partition coefficient (Wildman–Crippen LogP) is 1.42. The Morgan fingerprint density at radius 3 is 2.56 bits per heavy atom. The van der Waals surface area contributed by atoms with Crippen LogP contribution in [-0.2, 0) is 19.1 Å². The number of carbonyl (C=O) groups is 3. The zero-order valence-corrected chi connectivity index (χ0v) is 16.0. The van der Waals surface area contributed by atoms with E-state index < -0.39 is 6.04 Å². The number of hydrogen-bond acceptors (Lipinski definition) is 5. The fourth-order valence-corrected chi connectivity index (χ4v) is 2.93. The first kappa shape index (κ1) is 21.4. The second-order valence-corrected chi connectivity index (χ2v) is 6.82. The zero-order chi connectivity index (χ0) is 18.8. The molecule has 2 N–H and O–H groups in total. The number of esters is 1. The topological polar surface area (TPSA) is 87.7 Å². The highest BCUT2D eigenvalue weighted by atomic mass is 16.5. The van der Waals surface area contributed by atoms with Gasteiger partial charge in [-0.3, -0.25) is 19.3 Å². The zero-order valence-electron chi connectivity index (χ0n) is 16.0. The lowest BCUT2D eigenvalue weighted by molar-refractivity contribution is -0.146. The van der Waals surface area contributed by atoms with Crippen molar-refractivity contribution in [3.8, 4) is 0 Å². The number of nitrogens with zero attached hydrogens (tertiary/aromatic N) is 1. The molecular weight excluding hydrogens is 322 g/mol. The Labute approximate surface area is 150 Å². The lowest BCUT2D eigenvalue weighted by Gasteiger charge is -2.33. The van der Waals surface area contributed by atoms with E-state index in [1.54, 1.807) is 0 Å². The summed E-state index contributed by atoms with van der Waals surface area (Å²) in [4.78, 5) is 38.4. The molecule has 3 atom stereocenters. The molecule has 1 aliphatic rings. The molecule has 0 bridgehead atoms. The Balaban J connectivity index is 2.59. The van der Waals surface area contributed by atoms with Crippen LogP contribution in [-0.4, -0.2) is 55.1 Å². The first-order valence-electron chi connectivity index (χ1n) is 9.34. The Kier molecular flexibility index (Phi) is 9.49. The summed E-state index contributed by atoms with van der Waals surface area (Å²) >= 11 is 0. The van der Waals surface area contributed by atoms with Crippen molar-refractivity contribution in [3.05, 3.63) is 0 Å². The van der Waals surface area contributed by atoms with Crippen LogP contribution in [0.4, 0.5) is 0 Å². The minimum Gasteiger partial charge on any atom is -0.444 e. The molecule has 1 fully saturated rings. The fraction of sp³-hybridized carbons (Fsp3) is 0.833. The Morgan fingerprint density at radius 2 is 1.96 bits per heavy atom. The quantitative estimate of drug-likeness (QED) is 0.482. The average Bonchev–Trinajstić information content (AvgIpc) is 2.59.